The Morgan fingerprint density at radius 1 is 1.24 bits per heavy atom. The second-order valence-corrected chi connectivity index (χ2v) is 6.32. The Balaban J connectivity index is 1.64. The third kappa shape index (κ3) is 3.93. The second-order valence-electron chi connectivity index (χ2n) is 6.32. The van der Waals surface area contributed by atoms with E-state index in [1.165, 1.54) is 5.56 Å². The number of aromatic nitrogens is 4. The fourth-order valence-electron chi connectivity index (χ4n) is 2.40. The van der Waals surface area contributed by atoms with E-state index >= 15 is 0 Å². The van der Waals surface area contributed by atoms with Crippen LogP contribution in [0, 0.1) is 6.92 Å². The van der Waals surface area contributed by atoms with E-state index in [-0.39, 0.29) is 11.9 Å². The minimum Gasteiger partial charge on any atom is -0.407 e. The predicted molar refractivity (Wildman–Crippen MR) is 93.5 cm³/mol. The molecule has 0 saturated carbocycles. The summed E-state index contributed by atoms with van der Waals surface area (Å²) in [6.45, 7) is 6.19. The maximum absolute atomic E-state index is 12.1. The second kappa shape index (κ2) is 6.88. The van der Waals surface area contributed by atoms with Gasteiger partial charge in [-0.3, -0.25) is 14.8 Å². The van der Waals surface area contributed by atoms with Crippen molar-refractivity contribution in [1.82, 2.24) is 20.0 Å². The molecular formula is C18H21N5O2. The quantitative estimate of drug-likeness (QED) is 0.772. The number of benzene rings is 1. The summed E-state index contributed by atoms with van der Waals surface area (Å²) in [5, 5.41) is 14.5. The summed E-state index contributed by atoms with van der Waals surface area (Å²) >= 11 is 0. The normalized spacial score (nSPS) is 11.1. The highest BCUT2D eigenvalue weighted by atomic mass is 16.4. The molecule has 0 fully saturated rings. The maximum Gasteiger partial charge on any atom is 0.322 e. The zero-order valence-corrected chi connectivity index (χ0v) is 14.8. The van der Waals surface area contributed by atoms with Gasteiger partial charge in [-0.1, -0.05) is 43.2 Å². The maximum atomic E-state index is 12.1. The summed E-state index contributed by atoms with van der Waals surface area (Å²) in [7, 11) is 1.78. The lowest BCUT2D eigenvalue weighted by molar-refractivity contribution is 0.101. The molecule has 1 N–H and O–H groups in total. The van der Waals surface area contributed by atoms with Crippen molar-refractivity contribution in [3.8, 4) is 0 Å². The van der Waals surface area contributed by atoms with Crippen molar-refractivity contribution in [3.63, 3.8) is 0 Å². The van der Waals surface area contributed by atoms with Gasteiger partial charge < -0.3 is 4.42 Å². The summed E-state index contributed by atoms with van der Waals surface area (Å²) in [5.74, 6) is 0.569. The van der Waals surface area contributed by atoms with Gasteiger partial charge in [-0.25, -0.2) is 0 Å². The molecule has 130 valence electrons. The molecule has 0 aliphatic carbocycles. The molecule has 7 heteroatoms. The summed E-state index contributed by atoms with van der Waals surface area (Å²) in [6, 6.07) is 10.1. The van der Waals surface area contributed by atoms with Crippen molar-refractivity contribution in [3.05, 3.63) is 58.7 Å². The van der Waals surface area contributed by atoms with Gasteiger partial charge in [-0.2, -0.15) is 5.10 Å². The van der Waals surface area contributed by atoms with Crippen LogP contribution in [0.25, 0.3) is 0 Å². The number of carbonyl (C=O) groups is 1. The highest BCUT2D eigenvalue weighted by molar-refractivity contribution is 6.01. The molecule has 0 unspecified atom stereocenters. The number of nitrogens with zero attached hydrogens (tertiary/aromatic N) is 4. The standard InChI is InChI=1S/C18H21N5O2/c1-11(2)14-7-5-13(6-8-14)10-16-20-21-18(25-16)19-17(24)15-9-12(3)23(4)22-15/h5-9,11H,10H2,1-4H3,(H,19,21,24). The van der Waals surface area contributed by atoms with Gasteiger partial charge in [0.25, 0.3) is 5.91 Å². The molecule has 7 nitrogen and oxygen atoms in total. The summed E-state index contributed by atoms with van der Waals surface area (Å²) < 4.78 is 7.14. The minimum atomic E-state index is -0.375. The molecule has 3 rings (SSSR count). The first-order valence-corrected chi connectivity index (χ1v) is 8.15. The third-order valence-corrected chi connectivity index (χ3v) is 4.04. The van der Waals surface area contributed by atoms with Gasteiger partial charge in [0.05, 0.1) is 6.42 Å². The minimum absolute atomic E-state index is 0.0714. The van der Waals surface area contributed by atoms with E-state index in [0.29, 0.717) is 23.9 Å². The Kier molecular flexibility index (Phi) is 4.65. The number of anilines is 1. The van der Waals surface area contributed by atoms with Gasteiger partial charge in [0, 0.05) is 12.7 Å². The van der Waals surface area contributed by atoms with Crippen LogP contribution in [-0.4, -0.2) is 25.9 Å². The van der Waals surface area contributed by atoms with Crippen LogP contribution in [0.5, 0.6) is 0 Å². The number of aryl methyl sites for hydroxylation is 2. The van der Waals surface area contributed by atoms with Crippen LogP contribution >= 0.6 is 0 Å². The lowest BCUT2D eigenvalue weighted by atomic mass is 10.0. The highest BCUT2D eigenvalue weighted by Crippen LogP contribution is 2.17. The van der Waals surface area contributed by atoms with E-state index in [9.17, 15) is 4.79 Å². The van der Waals surface area contributed by atoms with Crippen LogP contribution < -0.4 is 5.32 Å². The molecule has 0 atom stereocenters. The SMILES string of the molecule is Cc1cc(C(=O)Nc2nnc(Cc3ccc(C(C)C)cc3)o2)nn1C. The van der Waals surface area contributed by atoms with Crippen molar-refractivity contribution in [1.29, 1.82) is 0 Å². The lowest BCUT2D eigenvalue weighted by Crippen LogP contribution is -2.13. The van der Waals surface area contributed by atoms with Crippen LogP contribution in [0.2, 0.25) is 0 Å². The first-order chi connectivity index (χ1) is 11.9. The first kappa shape index (κ1) is 16.9. The fraction of sp³-hybridized carbons (Fsp3) is 0.333. The molecule has 0 aliphatic heterocycles. The molecule has 2 aromatic heterocycles. The van der Waals surface area contributed by atoms with E-state index < -0.39 is 0 Å². The molecule has 0 saturated heterocycles. The molecule has 2 heterocycles. The zero-order chi connectivity index (χ0) is 18.0. The monoisotopic (exact) mass is 339 g/mol. The summed E-state index contributed by atoms with van der Waals surface area (Å²) in [5.41, 5.74) is 3.56. The Morgan fingerprint density at radius 3 is 2.56 bits per heavy atom. The Hall–Kier alpha value is -2.96. The molecule has 3 aromatic rings. The summed E-state index contributed by atoms with van der Waals surface area (Å²) in [6.07, 6.45) is 0.518. The largest absolute Gasteiger partial charge is 0.407 e. The van der Waals surface area contributed by atoms with Gasteiger partial charge in [-0.05, 0) is 30.0 Å². The average molecular weight is 339 g/mol. The van der Waals surface area contributed by atoms with Crippen molar-refractivity contribution in [2.24, 2.45) is 7.05 Å². The van der Waals surface area contributed by atoms with E-state index in [0.717, 1.165) is 11.3 Å². The molecule has 1 amide bonds. The molecule has 0 radical (unpaired) electrons. The smallest absolute Gasteiger partial charge is 0.322 e. The molecule has 0 spiro atoms. The molecule has 1 aromatic carbocycles. The van der Waals surface area contributed by atoms with Crippen LogP contribution in [-0.2, 0) is 13.5 Å². The first-order valence-electron chi connectivity index (χ1n) is 8.15. The third-order valence-electron chi connectivity index (χ3n) is 4.04. The number of rotatable bonds is 5. The van der Waals surface area contributed by atoms with Gasteiger partial charge >= 0.3 is 6.01 Å². The van der Waals surface area contributed by atoms with E-state index in [1.54, 1.807) is 17.8 Å². The molecule has 0 bridgehead atoms. The van der Waals surface area contributed by atoms with Crippen LogP contribution in [0.4, 0.5) is 6.01 Å². The number of hydrogen-bond acceptors (Lipinski definition) is 5. The summed E-state index contributed by atoms with van der Waals surface area (Å²) in [4.78, 5) is 12.1. The van der Waals surface area contributed by atoms with Crippen molar-refractivity contribution in [2.45, 2.75) is 33.1 Å². The zero-order valence-electron chi connectivity index (χ0n) is 14.8. The van der Waals surface area contributed by atoms with Crippen molar-refractivity contribution in [2.75, 3.05) is 5.32 Å². The van der Waals surface area contributed by atoms with Gasteiger partial charge in [0.15, 0.2) is 5.69 Å². The number of carbonyl (C=O) groups excluding carboxylic acids is 1. The Labute approximate surface area is 146 Å². The van der Waals surface area contributed by atoms with Gasteiger partial charge in [0.2, 0.25) is 5.89 Å². The van der Waals surface area contributed by atoms with Gasteiger partial charge in [-0.15, -0.1) is 5.10 Å². The highest BCUT2D eigenvalue weighted by Gasteiger charge is 2.15. The lowest BCUT2D eigenvalue weighted by Gasteiger charge is -2.05. The fourth-order valence-corrected chi connectivity index (χ4v) is 2.40. The predicted octanol–water partition coefficient (Wildman–Crippen LogP) is 3.08. The van der Waals surface area contributed by atoms with Crippen molar-refractivity contribution < 1.29 is 9.21 Å². The Bertz CT molecular complexity index is 858. The topological polar surface area (TPSA) is 85.8 Å². The van der Waals surface area contributed by atoms with E-state index in [4.69, 9.17) is 4.42 Å². The number of amides is 1. The van der Waals surface area contributed by atoms with E-state index in [2.05, 4.69) is 58.7 Å². The van der Waals surface area contributed by atoms with E-state index in [1.807, 2.05) is 6.92 Å². The average Bonchev–Trinajstić information content (AvgIpc) is 3.15. The number of hydrogen-bond donors (Lipinski definition) is 1. The van der Waals surface area contributed by atoms with Gasteiger partial charge in [0.1, 0.15) is 0 Å². The van der Waals surface area contributed by atoms with Crippen LogP contribution in [0.3, 0.4) is 0 Å². The van der Waals surface area contributed by atoms with Crippen molar-refractivity contribution >= 4 is 11.9 Å². The molecule has 25 heavy (non-hydrogen) atoms. The molecular weight excluding hydrogens is 318 g/mol. The molecule has 0 aliphatic rings. The number of nitrogens with one attached hydrogen (secondary N) is 1. The van der Waals surface area contributed by atoms with Crippen LogP contribution in [0.15, 0.2) is 34.7 Å². The van der Waals surface area contributed by atoms with Crippen LogP contribution in [0.1, 0.15) is 53.0 Å². The Morgan fingerprint density at radius 2 is 1.96 bits per heavy atom.